The monoisotopic (exact) mass is 260 g/mol. The van der Waals surface area contributed by atoms with Crippen LogP contribution in [0.2, 0.25) is 0 Å². The molecule has 0 atom stereocenters. The van der Waals surface area contributed by atoms with Crippen molar-refractivity contribution >= 4 is 11.5 Å². The molecule has 2 rings (SSSR count). The number of para-hydroxylation sites is 1. The fraction of sp³-hybridized carbons (Fsp3) is 0.562. The van der Waals surface area contributed by atoms with Gasteiger partial charge >= 0.3 is 0 Å². The van der Waals surface area contributed by atoms with Crippen LogP contribution < -0.4 is 4.90 Å². The Labute approximate surface area is 116 Å². The Morgan fingerprint density at radius 1 is 1.05 bits per heavy atom. The number of anilines is 1. The standard InChI is InChI=1S/C16H24N2O/c1-15(19)7-5-6-10-17-11-13-18(14-12-17)16-8-3-2-4-9-16/h2-4,8-9H,5-7,10-14H2,1H3. The van der Waals surface area contributed by atoms with E-state index < -0.39 is 0 Å². The molecule has 3 heteroatoms. The van der Waals surface area contributed by atoms with E-state index in [1.807, 2.05) is 0 Å². The fourth-order valence-electron chi connectivity index (χ4n) is 2.58. The van der Waals surface area contributed by atoms with Gasteiger partial charge in [0.25, 0.3) is 0 Å². The molecule has 0 N–H and O–H groups in total. The summed E-state index contributed by atoms with van der Waals surface area (Å²) >= 11 is 0. The lowest BCUT2D eigenvalue weighted by atomic mass is 10.1. The van der Waals surface area contributed by atoms with Gasteiger partial charge in [-0.2, -0.15) is 0 Å². The first-order valence-corrected chi connectivity index (χ1v) is 7.27. The number of nitrogens with zero attached hydrogens (tertiary/aromatic N) is 2. The summed E-state index contributed by atoms with van der Waals surface area (Å²) in [5.41, 5.74) is 1.33. The molecule has 0 aliphatic carbocycles. The minimum atomic E-state index is 0.314. The third-order valence-corrected chi connectivity index (χ3v) is 3.75. The summed E-state index contributed by atoms with van der Waals surface area (Å²) in [7, 11) is 0. The minimum absolute atomic E-state index is 0.314. The van der Waals surface area contributed by atoms with Crippen LogP contribution in [0.25, 0.3) is 0 Å². The maximum atomic E-state index is 10.9. The first kappa shape index (κ1) is 14.1. The van der Waals surface area contributed by atoms with E-state index in [0.29, 0.717) is 5.78 Å². The number of carbonyl (C=O) groups is 1. The zero-order valence-corrected chi connectivity index (χ0v) is 11.8. The molecule has 0 radical (unpaired) electrons. The van der Waals surface area contributed by atoms with Gasteiger partial charge in [-0.3, -0.25) is 4.90 Å². The Morgan fingerprint density at radius 3 is 2.37 bits per heavy atom. The molecule has 0 spiro atoms. The third kappa shape index (κ3) is 4.67. The number of unbranched alkanes of at least 4 members (excludes halogenated alkanes) is 1. The summed E-state index contributed by atoms with van der Waals surface area (Å²) < 4.78 is 0. The van der Waals surface area contributed by atoms with Crippen LogP contribution in [-0.4, -0.2) is 43.4 Å². The molecule has 0 unspecified atom stereocenters. The van der Waals surface area contributed by atoms with Crippen LogP contribution in [0.1, 0.15) is 26.2 Å². The molecule has 0 bridgehead atoms. The molecule has 0 saturated carbocycles. The van der Waals surface area contributed by atoms with Crippen molar-refractivity contribution in [2.45, 2.75) is 26.2 Å². The van der Waals surface area contributed by atoms with Gasteiger partial charge in [-0.15, -0.1) is 0 Å². The third-order valence-electron chi connectivity index (χ3n) is 3.75. The van der Waals surface area contributed by atoms with E-state index in [-0.39, 0.29) is 0 Å². The van der Waals surface area contributed by atoms with E-state index in [1.54, 1.807) is 6.92 Å². The van der Waals surface area contributed by atoms with Crippen molar-refractivity contribution in [3.8, 4) is 0 Å². The Kier molecular flexibility index (Phi) is 5.40. The van der Waals surface area contributed by atoms with E-state index >= 15 is 0 Å². The minimum Gasteiger partial charge on any atom is -0.369 e. The van der Waals surface area contributed by atoms with E-state index in [1.165, 1.54) is 5.69 Å². The Bertz CT molecular complexity index is 383. The van der Waals surface area contributed by atoms with Crippen LogP contribution in [0.15, 0.2) is 30.3 Å². The zero-order chi connectivity index (χ0) is 13.5. The average Bonchev–Trinajstić information content (AvgIpc) is 2.45. The smallest absolute Gasteiger partial charge is 0.129 e. The molecule has 19 heavy (non-hydrogen) atoms. The van der Waals surface area contributed by atoms with E-state index in [9.17, 15) is 4.79 Å². The molecule has 104 valence electrons. The number of piperazine rings is 1. The Hall–Kier alpha value is -1.35. The molecular formula is C16H24N2O. The molecule has 1 aliphatic heterocycles. The summed E-state index contributed by atoms with van der Waals surface area (Å²) in [5, 5.41) is 0. The van der Waals surface area contributed by atoms with Gasteiger partial charge in [0, 0.05) is 38.3 Å². The maximum absolute atomic E-state index is 10.9. The van der Waals surface area contributed by atoms with Gasteiger partial charge in [0.2, 0.25) is 0 Å². The Balaban J connectivity index is 1.67. The number of hydrogen-bond donors (Lipinski definition) is 0. The van der Waals surface area contributed by atoms with Crippen molar-refractivity contribution in [2.75, 3.05) is 37.6 Å². The average molecular weight is 260 g/mol. The lowest BCUT2D eigenvalue weighted by Gasteiger charge is -2.36. The molecular weight excluding hydrogens is 236 g/mol. The van der Waals surface area contributed by atoms with Gasteiger partial charge in [0.15, 0.2) is 0 Å². The zero-order valence-electron chi connectivity index (χ0n) is 11.8. The van der Waals surface area contributed by atoms with Crippen molar-refractivity contribution in [3.63, 3.8) is 0 Å². The fourth-order valence-corrected chi connectivity index (χ4v) is 2.58. The first-order valence-electron chi connectivity index (χ1n) is 7.27. The predicted molar refractivity (Wildman–Crippen MR) is 79.6 cm³/mol. The molecule has 1 saturated heterocycles. The SMILES string of the molecule is CC(=O)CCCCN1CCN(c2ccccc2)CC1. The molecule has 0 aromatic heterocycles. The van der Waals surface area contributed by atoms with Gasteiger partial charge < -0.3 is 9.69 Å². The second kappa shape index (κ2) is 7.29. The summed E-state index contributed by atoms with van der Waals surface area (Å²) in [4.78, 5) is 15.8. The van der Waals surface area contributed by atoms with Crippen molar-refractivity contribution in [2.24, 2.45) is 0 Å². The molecule has 1 aliphatic rings. The quantitative estimate of drug-likeness (QED) is 0.734. The summed E-state index contributed by atoms with van der Waals surface area (Å²) in [6.45, 7) is 7.30. The molecule has 1 fully saturated rings. The van der Waals surface area contributed by atoms with E-state index in [4.69, 9.17) is 0 Å². The van der Waals surface area contributed by atoms with E-state index in [2.05, 4.69) is 40.1 Å². The lowest BCUT2D eigenvalue weighted by molar-refractivity contribution is -0.117. The largest absolute Gasteiger partial charge is 0.369 e. The van der Waals surface area contributed by atoms with Gasteiger partial charge in [0.1, 0.15) is 5.78 Å². The molecule has 1 heterocycles. The number of carbonyl (C=O) groups excluding carboxylic acids is 1. The maximum Gasteiger partial charge on any atom is 0.129 e. The van der Waals surface area contributed by atoms with E-state index in [0.717, 1.165) is 52.0 Å². The second-order valence-corrected chi connectivity index (χ2v) is 5.32. The Morgan fingerprint density at radius 2 is 1.74 bits per heavy atom. The normalized spacial score (nSPS) is 16.6. The summed E-state index contributed by atoms with van der Waals surface area (Å²) in [6.07, 6.45) is 2.92. The highest BCUT2D eigenvalue weighted by Crippen LogP contribution is 2.15. The predicted octanol–water partition coefficient (Wildman–Crippen LogP) is 2.57. The highest BCUT2D eigenvalue weighted by Gasteiger charge is 2.16. The van der Waals surface area contributed by atoms with Crippen molar-refractivity contribution in [1.82, 2.24) is 4.90 Å². The summed E-state index contributed by atoms with van der Waals surface area (Å²) in [5.74, 6) is 0.314. The lowest BCUT2D eigenvalue weighted by Crippen LogP contribution is -2.46. The van der Waals surface area contributed by atoms with Crippen LogP contribution in [-0.2, 0) is 4.79 Å². The number of ketones is 1. The van der Waals surface area contributed by atoms with Crippen molar-refractivity contribution in [1.29, 1.82) is 0 Å². The molecule has 1 aromatic rings. The van der Waals surface area contributed by atoms with Gasteiger partial charge in [-0.25, -0.2) is 0 Å². The first-order chi connectivity index (χ1) is 9.25. The van der Waals surface area contributed by atoms with Crippen LogP contribution in [0.5, 0.6) is 0 Å². The van der Waals surface area contributed by atoms with Gasteiger partial charge in [-0.05, 0) is 38.4 Å². The highest BCUT2D eigenvalue weighted by atomic mass is 16.1. The van der Waals surface area contributed by atoms with Crippen LogP contribution >= 0.6 is 0 Å². The van der Waals surface area contributed by atoms with Gasteiger partial charge in [0.05, 0.1) is 0 Å². The molecule has 3 nitrogen and oxygen atoms in total. The molecule has 0 amide bonds. The van der Waals surface area contributed by atoms with Crippen LogP contribution in [0.3, 0.4) is 0 Å². The topological polar surface area (TPSA) is 23.6 Å². The highest BCUT2D eigenvalue weighted by molar-refractivity contribution is 5.75. The second-order valence-electron chi connectivity index (χ2n) is 5.32. The number of rotatable bonds is 6. The van der Waals surface area contributed by atoms with Crippen molar-refractivity contribution in [3.05, 3.63) is 30.3 Å². The van der Waals surface area contributed by atoms with Crippen molar-refractivity contribution < 1.29 is 4.79 Å². The number of hydrogen-bond acceptors (Lipinski definition) is 3. The van der Waals surface area contributed by atoms with Crippen LogP contribution in [0.4, 0.5) is 5.69 Å². The van der Waals surface area contributed by atoms with Crippen LogP contribution in [0, 0.1) is 0 Å². The van der Waals surface area contributed by atoms with Gasteiger partial charge in [-0.1, -0.05) is 18.2 Å². The number of Topliss-reactive ketones (excluding diaryl/α,β-unsaturated/α-hetero) is 1. The molecule has 1 aromatic carbocycles. The number of benzene rings is 1. The summed E-state index contributed by atoms with van der Waals surface area (Å²) in [6, 6.07) is 10.6.